The summed E-state index contributed by atoms with van der Waals surface area (Å²) in [6.07, 6.45) is -4.70. The molecule has 11 heteroatoms. The number of halogens is 4. The number of fused-ring (bicyclic) bond motifs is 2. The first-order valence-corrected chi connectivity index (χ1v) is 10.1. The zero-order valence-corrected chi connectivity index (χ0v) is 17.4. The number of alkyl halides is 3. The number of rotatable bonds is 3. The molecule has 3 aromatic carbocycles. The molecule has 0 bridgehead atoms. The van der Waals surface area contributed by atoms with Gasteiger partial charge in [0.2, 0.25) is 5.76 Å². The minimum absolute atomic E-state index is 0.0724. The first-order valence-electron chi connectivity index (χ1n) is 10.1. The van der Waals surface area contributed by atoms with Gasteiger partial charge in [-0.25, -0.2) is 4.39 Å². The normalized spacial score (nSPS) is 15.5. The average Bonchev–Trinajstić information content (AvgIpc) is 3.11. The van der Waals surface area contributed by atoms with E-state index in [1.807, 2.05) is 0 Å². The Hall–Kier alpha value is -4.54. The van der Waals surface area contributed by atoms with Crippen LogP contribution in [0.4, 0.5) is 28.9 Å². The molecular formula is C24H12F4N2O5. The second-order valence-corrected chi connectivity index (χ2v) is 7.79. The number of carbonyl (C=O) groups excluding carboxylic acids is 1. The summed E-state index contributed by atoms with van der Waals surface area (Å²) in [6, 6.07) is 10.7. The SMILES string of the molecule is O=C1c2oc3ccc(F)cc3c(=O)c2C(c2ccc([N+](=O)[O-])cc2)N1c1cccc(C(F)(F)F)c1. The van der Waals surface area contributed by atoms with Crippen molar-refractivity contribution < 1.29 is 31.7 Å². The molecule has 176 valence electrons. The molecule has 1 atom stereocenters. The van der Waals surface area contributed by atoms with E-state index in [4.69, 9.17) is 4.42 Å². The van der Waals surface area contributed by atoms with Crippen LogP contribution in [0.1, 0.15) is 33.3 Å². The van der Waals surface area contributed by atoms with E-state index in [1.165, 1.54) is 24.3 Å². The van der Waals surface area contributed by atoms with E-state index in [9.17, 15) is 37.3 Å². The largest absolute Gasteiger partial charge is 0.450 e. The fourth-order valence-corrected chi connectivity index (χ4v) is 4.14. The van der Waals surface area contributed by atoms with E-state index in [0.717, 1.165) is 47.4 Å². The lowest BCUT2D eigenvalue weighted by Crippen LogP contribution is -2.29. The molecule has 1 unspecified atom stereocenters. The Kier molecular flexibility index (Phi) is 4.93. The van der Waals surface area contributed by atoms with E-state index in [0.29, 0.717) is 0 Å². The van der Waals surface area contributed by atoms with Crippen molar-refractivity contribution in [3.8, 4) is 0 Å². The van der Waals surface area contributed by atoms with Crippen molar-refractivity contribution in [1.29, 1.82) is 0 Å². The summed E-state index contributed by atoms with van der Waals surface area (Å²) in [6.45, 7) is 0. The quantitative estimate of drug-likeness (QED) is 0.214. The van der Waals surface area contributed by atoms with Crippen LogP contribution in [-0.2, 0) is 6.18 Å². The third-order valence-corrected chi connectivity index (χ3v) is 5.70. The third-order valence-electron chi connectivity index (χ3n) is 5.70. The van der Waals surface area contributed by atoms with Crippen LogP contribution in [0.15, 0.2) is 75.9 Å². The molecule has 1 amide bonds. The van der Waals surface area contributed by atoms with E-state index < -0.39 is 45.6 Å². The highest BCUT2D eigenvalue weighted by Gasteiger charge is 2.44. The molecule has 0 aliphatic carbocycles. The molecule has 1 aromatic heterocycles. The Labute approximate surface area is 193 Å². The number of nitro benzene ring substituents is 1. The van der Waals surface area contributed by atoms with Gasteiger partial charge in [0.1, 0.15) is 11.4 Å². The van der Waals surface area contributed by atoms with Crippen molar-refractivity contribution in [2.45, 2.75) is 12.2 Å². The Morgan fingerprint density at radius 3 is 2.34 bits per heavy atom. The van der Waals surface area contributed by atoms with E-state index in [2.05, 4.69) is 0 Å². The molecule has 0 spiro atoms. The molecule has 4 aromatic rings. The van der Waals surface area contributed by atoms with Gasteiger partial charge in [-0.1, -0.05) is 6.07 Å². The maximum atomic E-state index is 13.9. The Morgan fingerprint density at radius 1 is 0.971 bits per heavy atom. The maximum Gasteiger partial charge on any atom is 0.416 e. The lowest BCUT2D eigenvalue weighted by molar-refractivity contribution is -0.384. The number of hydrogen-bond acceptors (Lipinski definition) is 5. The number of nitrogens with zero attached hydrogens (tertiary/aromatic N) is 2. The van der Waals surface area contributed by atoms with Crippen LogP contribution in [0.25, 0.3) is 11.0 Å². The molecule has 0 saturated heterocycles. The second-order valence-electron chi connectivity index (χ2n) is 7.79. The van der Waals surface area contributed by atoms with E-state index in [-0.39, 0.29) is 33.5 Å². The first kappa shape index (κ1) is 22.3. The van der Waals surface area contributed by atoms with Gasteiger partial charge in [0.25, 0.3) is 11.6 Å². The topological polar surface area (TPSA) is 93.7 Å². The van der Waals surface area contributed by atoms with Gasteiger partial charge in [-0.3, -0.25) is 24.6 Å². The number of amides is 1. The zero-order chi connectivity index (χ0) is 25.1. The maximum absolute atomic E-state index is 13.9. The number of carbonyl (C=O) groups is 1. The average molecular weight is 484 g/mol. The van der Waals surface area contributed by atoms with E-state index >= 15 is 0 Å². The predicted octanol–water partition coefficient (Wildman–Crippen LogP) is 5.61. The van der Waals surface area contributed by atoms with Crippen molar-refractivity contribution >= 4 is 28.3 Å². The van der Waals surface area contributed by atoms with Crippen molar-refractivity contribution in [3.05, 3.63) is 115 Å². The molecule has 1 aliphatic heterocycles. The number of anilines is 1. The fourth-order valence-electron chi connectivity index (χ4n) is 4.14. The van der Waals surface area contributed by atoms with Crippen LogP contribution in [0.3, 0.4) is 0 Å². The summed E-state index contributed by atoms with van der Waals surface area (Å²) in [5, 5.41) is 10.9. The third kappa shape index (κ3) is 3.61. The van der Waals surface area contributed by atoms with Gasteiger partial charge >= 0.3 is 6.18 Å². The van der Waals surface area contributed by atoms with Crippen molar-refractivity contribution in [2.24, 2.45) is 0 Å². The Morgan fingerprint density at radius 2 is 1.69 bits per heavy atom. The van der Waals surface area contributed by atoms with Crippen LogP contribution in [0.2, 0.25) is 0 Å². The summed E-state index contributed by atoms with van der Waals surface area (Å²) < 4.78 is 59.6. The number of non-ortho nitro benzene ring substituents is 1. The molecule has 5 rings (SSSR count). The molecule has 2 heterocycles. The van der Waals surface area contributed by atoms with Gasteiger partial charge in [-0.2, -0.15) is 13.2 Å². The summed E-state index contributed by atoms with van der Waals surface area (Å²) in [5.41, 5.74) is -2.27. The summed E-state index contributed by atoms with van der Waals surface area (Å²) in [4.78, 5) is 38.2. The predicted molar refractivity (Wildman–Crippen MR) is 116 cm³/mol. The van der Waals surface area contributed by atoms with Crippen molar-refractivity contribution in [2.75, 3.05) is 4.90 Å². The van der Waals surface area contributed by atoms with Gasteiger partial charge < -0.3 is 4.42 Å². The van der Waals surface area contributed by atoms with Crippen LogP contribution >= 0.6 is 0 Å². The van der Waals surface area contributed by atoms with E-state index in [1.54, 1.807) is 0 Å². The molecule has 0 fully saturated rings. The van der Waals surface area contributed by atoms with Gasteiger partial charge in [-0.15, -0.1) is 0 Å². The van der Waals surface area contributed by atoms with Crippen LogP contribution in [0, 0.1) is 15.9 Å². The molecular weight excluding hydrogens is 472 g/mol. The highest BCUT2D eigenvalue weighted by molar-refractivity contribution is 6.10. The standard InChI is InChI=1S/C24H12F4N2O5/c25-14-6-9-18-17(11-14)21(31)19-20(12-4-7-15(8-5-12)30(33)34)29(23(32)22(19)35-18)16-3-1-2-13(10-16)24(26,27)28/h1-11,20H. The lowest BCUT2D eigenvalue weighted by atomic mass is 9.98. The fraction of sp³-hybridized carbons (Fsp3) is 0.0833. The van der Waals surface area contributed by atoms with Gasteiger partial charge in [-0.05, 0) is 54.1 Å². The molecule has 0 radical (unpaired) electrons. The van der Waals surface area contributed by atoms with Crippen molar-refractivity contribution in [3.63, 3.8) is 0 Å². The zero-order valence-electron chi connectivity index (χ0n) is 17.4. The first-order chi connectivity index (χ1) is 16.6. The molecule has 0 N–H and O–H groups in total. The van der Waals surface area contributed by atoms with Gasteiger partial charge in [0.05, 0.1) is 27.5 Å². The monoisotopic (exact) mass is 484 g/mol. The lowest BCUT2D eigenvalue weighted by Gasteiger charge is -2.25. The number of hydrogen-bond donors (Lipinski definition) is 0. The van der Waals surface area contributed by atoms with Gasteiger partial charge in [0, 0.05) is 17.8 Å². The van der Waals surface area contributed by atoms with Crippen LogP contribution in [0.5, 0.6) is 0 Å². The molecule has 7 nitrogen and oxygen atoms in total. The molecule has 0 saturated carbocycles. The molecule has 1 aliphatic rings. The smallest absolute Gasteiger partial charge is 0.416 e. The second kappa shape index (κ2) is 7.76. The Balaban J connectivity index is 1.78. The van der Waals surface area contributed by atoms with Gasteiger partial charge in [0.15, 0.2) is 5.43 Å². The summed E-state index contributed by atoms with van der Waals surface area (Å²) >= 11 is 0. The minimum Gasteiger partial charge on any atom is -0.450 e. The van der Waals surface area contributed by atoms with Crippen molar-refractivity contribution in [1.82, 2.24) is 0 Å². The Bertz CT molecular complexity index is 1580. The summed E-state index contributed by atoms with van der Waals surface area (Å²) in [5.74, 6) is -2.02. The van der Waals surface area contributed by atoms with Crippen LogP contribution < -0.4 is 10.3 Å². The van der Waals surface area contributed by atoms with Crippen LogP contribution in [-0.4, -0.2) is 10.8 Å². The minimum atomic E-state index is -4.70. The summed E-state index contributed by atoms with van der Waals surface area (Å²) in [7, 11) is 0. The highest BCUT2D eigenvalue weighted by Crippen LogP contribution is 2.43. The number of benzene rings is 3. The molecule has 35 heavy (non-hydrogen) atoms. The number of nitro groups is 1. The highest BCUT2D eigenvalue weighted by atomic mass is 19.4.